The van der Waals surface area contributed by atoms with Gasteiger partial charge in [-0.2, -0.15) is 0 Å². The maximum absolute atomic E-state index is 12.4. The summed E-state index contributed by atoms with van der Waals surface area (Å²) in [5.74, 6) is -0.257. The van der Waals surface area contributed by atoms with E-state index in [1.807, 2.05) is 24.3 Å². The molecule has 3 rings (SSSR count). The van der Waals surface area contributed by atoms with Crippen molar-refractivity contribution < 1.29 is 9.59 Å². The van der Waals surface area contributed by atoms with Gasteiger partial charge in [-0.15, -0.1) is 11.3 Å². The SMILES string of the molecule is CC(=O)c1ccc(NC(=O)c2sc3ccccc3c2Cl)cc1. The number of rotatable bonds is 3. The largest absolute Gasteiger partial charge is 0.321 e. The molecule has 3 nitrogen and oxygen atoms in total. The summed E-state index contributed by atoms with van der Waals surface area (Å²) in [4.78, 5) is 24.1. The Morgan fingerprint density at radius 3 is 2.36 bits per heavy atom. The van der Waals surface area contributed by atoms with Crippen molar-refractivity contribution in [3.05, 3.63) is 64.0 Å². The molecule has 0 spiro atoms. The van der Waals surface area contributed by atoms with Crippen molar-refractivity contribution in [2.24, 2.45) is 0 Å². The van der Waals surface area contributed by atoms with Crippen LogP contribution in [0.3, 0.4) is 0 Å². The minimum atomic E-state index is -0.248. The molecular formula is C17H12ClNO2S. The molecule has 0 fully saturated rings. The lowest BCUT2D eigenvalue weighted by Crippen LogP contribution is -2.10. The van der Waals surface area contributed by atoms with E-state index in [0.29, 0.717) is 21.2 Å². The molecule has 0 aliphatic carbocycles. The Hall–Kier alpha value is -2.17. The molecule has 0 aliphatic heterocycles. The van der Waals surface area contributed by atoms with Gasteiger partial charge in [0.15, 0.2) is 5.78 Å². The summed E-state index contributed by atoms with van der Waals surface area (Å²) in [5, 5.41) is 4.15. The molecule has 110 valence electrons. The van der Waals surface area contributed by atoms with Crippen LogP contribution in [0.5, 0.6) is 0 Å². The Bertz CT molecular complexity index is 868. The average molecular weight is 330 g/mol. The fraction of sp³-hybridized carbons (Fsp3) is 0.0588. The summed E-state index contributed by atoms with van der Waals surface area (Å²) in [6.07, 6.45) is 0. The Balaban J connectivity index is 1.87. The van der Waals surface area contributed by atoms with Crippen molar-refractivity contribution in [2.75, 3.05) is 5.32 Å². The second kappa shape index (κ2) is 5.91. The summed E-state index contributed by atoms with van der Waals surface area (Å²) in [6, 6.07) is 14.4. The van der Waals surface area contributed by atoms with Gasteiger partial charge in [0, 0.05) is 21.3 Å². The summed E-state index contributed by atoms with van der Waals surface area (Å²) < 4.78 is 0.976. The molecule has 22 heavy (non-hydrogen) atoms. The van der Waals surface area contributed by atoms with Crippen LogP contribution in [0.1, 0.15) is 27.0 Å². The van der Waals surface area contributed by atoms with Crippen LogP contribution in [0.4, 0.5) is 5.69 Å². The topological polar surface area (TPSA) is 46.2 Å². The van der Waals surface area contributed by atoms with Crippen molar-refractivity contribution in [1.82, 2.24) is 0 Å². The van der Waals surface area contributed by atoms with Gasteiger partial charge in [0.1, 0.15) is 4.88 Å². The molecule has 0 bridgehead atoms. The van der Waals surface area contributed by atoms with Gasteiger partial charge in [0.25, 0.3) is 5.91 Å². The molecule has 1 heterocycles. The Morgan fingerprint density at radius 1 is 1.05 bits per heavy atom. The molecule has 0 saturated carbocycles. The summed E-state index contributed by atoms with van der Waals surface area (Å²) in [6.45, 7) is 1.50. The predicted octanol–water partition coefficient (Wildman–Crippen LogP) is 5.01. The molecule has 0 unspecified atom stereocenters. The molecular weight excluding hydrogens is 318 g/mol. The first-order chi connectivity index (χ1) is 10.6. The van der Waals surface area contributed by atoms with E-state index >= 15 is 0 Å². The highest BCUT2D eigenvalue weighted by Crippen LogP contribution is 2.35. The van der Waals surface area contributed by atoms with Gasteiger partial charge in [-0.05, 0) is 37.3 Å². The third kappa shape index (κ3) is 2.75. The van der Waals surface area contributed by atoms with Crippen LogP contribution in [0.25, 0.3) is 10.1 Å². The minimum Gasteiger partial charge on any atom is -0.321 e. The minimum absolute atomic E-state index is 0.00886. The van der Waals surface area contributed by atoms with E-state index in [0.717, 1.165) is 10.1 Å². The van der Waals surface area contributed by atoms with Crippen molar-refractivity contribution in [3.63, 3.8) is 0 Å². The van der Waals surface area contributed by atoms with E-state index in [4.69, 9.17) is 11.6 Å². The quantitative estimate of drug-likeness (QED) is 0.686. The van der Waals surface area contributed by atoms with E-state index in [1.165, 1.54) is 18.3 Å². The fourth-order valence-corrected chi connectivity index (χ4v) is 3.55. The van der Waals surface area contributed by atoms with Gasteiger partial charge in [-0.3, -0.25) is 9.59 Å². The molecule has 3 aromatic rings. The van der Waals surface area contributed by atoms with E-state index < -0.39 is 0 Å². The molecule has 1 amide bonds. The Kier molecular flexibility index (Phi) is 3.96. The summed E-state index contributed by atoms with van der Waals surface area (Å²) in [5.41, 5.74) is 1.24. The maximum Gasteiger partial charge on any atom is 0.267 e. The van der Waals surface area contributed by atoms with Crippen LogP contribution in [0.15, 0.2) is 48.5 Å². The number of carbonyl (C=O) groups is 2. The zero-order valence-corrected chi connectivity index (χ0v) is 13.3. The molecule has 2 aromatic carbocycles. The number of hydrogen-bond acceptors (Lipinski definition) is 3. The number of anilines is 1. The van der Waals surface area contributed by atoms with Crippen LogP contribution in [0, 0.1) is 0 Å². The molecule has 0 atom stereocenters. The number of nitrogens with one attached hydrogen (secondary N) is 1. The molecule has 5 heteroatoms. The third-order valence-corrected chi connectivity index (χ3v) is 4.96. The second-order valence-corrected chi connectivity index (χ2v) is 6.26. The van der Waals surface area contributed by atoms with Crippen LogP contribution < -0.4 is 5.32 Å². The zero-order chi connectivity index (χ0) is 15.7. The Morgan fingerprint density at radius 2 is 1.73 bits per heavy atom. The lowest BCUT2D eigenvalue weighted by molar-refractivity contribution is 0.101. The van der Waals surface area contributed by atoms with Gasteiger partial charge < -0.3 is 5.32 Å². The summed E-state index contributed by atoms with van der Waals surface area (Å²) in [7, 11) is 0. The highest BCUT2D eigenvalue weighted by atomic mass is 35.5. The molecule has 0 radical (unpaired) electrons. The van der Waals surface area contributed by atoms with Crippen molar-refractivity contribution in [3.8, 4) is 0 Å². The fourth-order valence-electron chi connectivity index (χ4n) is 2.14. The lowest BCUT2D eigenvalue weighted by atomic mass is 10.1. The van der Waals surface area contributed by atoms with Crippen molar-refractivity contribution >= 4 is 50.4 Å². The average Bonchev–Trinajstić information content (AvgIpc) is 2.85. The lowest BCUT2D eigenvalue weighted by Gasteiger charge is -2.04. The van der Waals surface area contributed by atoms with Crippen molar-refractivity contribution in [1.29, 1.82) is 0 Å². The number of thiophene rings is 1. The summed E-state index contributed by atoms with van der Waals surface area (Å²) >= 11 is 7.65. The maximum atomic E-state index is 12.4. The molecule has 0 aliphatic rings. The van der Waals surface area contributed by atoms with Crippen LogP contribution in [-0.4, -0.2) is 11.7 Å². The van der Waals surface area contributed by atoms with Crippen molar-refractivity contribution in [2.45, 2.75) is 6.92 Å². The number of halogens is 1. The van der Waals surface area contributed by atoms with E-state index in [2.05, 4.69) is 5.32 Å². The first-order valence-corrected chi connectivity index (χ1v) is 7.85. The van der Waals surface area contributed by atoms with E-state index in [1.54, 1.807) is 24.3 Å². The van der Waals surface area contributed by atoms with Crippen LogP contribution in [-0.2, 0) is 0 Å². The van der Waals surface area contributed by atoms with E-state index in [-0.39, 0.29) is 11.7 Å². The van der Waals surface area contributed by atoms with Gasteiger partial charge in [0.2, 0.25) is 0 Å². The monoisotopic (exact) mass is 329 g/mol. The van der Waals surface area contributed by atoms with Gasteiger partial charge in [0.05, 0.1) is 5.02 Å². The third-order valence-electron chi connectivity index (χ3n) is 3.29. The standard InChI is InChI=1S/C17H12ClNO2S/c1-10(20)11-6-8-12(9-7-11)19-17(21)16-15(18)13-4-2-3-5-14(13)22-16/h2-9H,1H3,(H,19,21). The number of hydrogen-bond donors (Lipinski definition) is 1. The van der Waals surface area contributed by atoms with Gasteiger partial charge in [-0.1, -0.05) is 29.8 Å². The zero-order valence-electron chi connectivity index (χ0n) is 11.7. The molecule has 0 saturated heterocycles. The first kappa shape index (κ1) is 14.8. The first-order valence-electron chi connectivity index (χ1n) is 6.65. The van der Waals surface area contributed by atoms with Gasteiger partial charge >= 0.3 is 0 Å². The van der Waals surface area contributed by atoms with Crippen LogP contribution in [0.2, 0.25) is 5.02 Å². The number of ketones is 1. The highest BCUT2D eigenvalue weighted by Gasteiger charge is 2.17. The number of carbonyl (C=O) groups excluding carboxylic acids is 2. The second-order valence-electron chi connectivity index (χ2n) is 4.83. The molecule has 1 N–H and O–H groups in total. The predicted molar refractivity (Wildman–Crippen MR) is 91.2 cm³/mol. The normalized spacial score (nSPS) is 10.6. The molecule has 1 aromatic heterocycles. The Labute approximate surface area is 136 Å². The smallest absolute Gasteiger partial charge is 0.267 e. The van der Waals surface area contributed by atoms with Gasteiger partial charge in [-0.25, -0.2) is 0 Å². The van der Waals surface area contributed by atoms with Crippen LogP contribution >= 0.6 is 22.9 Å². The van der Waals surface area contributed by atoms with E-state index in [9.17, 15) is 9.59 Å². The number of Topliss-reactive ketones (excluding diaryl/α,β-unsaturated/α-hetero) is 1. The number of benzene rings is 2. The number of fused-ring (bicyclic) bond motifs is 1. The number of amides is 1. The highest BCUT2D eigenvalue weighted by molar-refractivity contribution is 7.21.